The zero-order chi connectivity index (χ0) is 9.90. The quantitative estimate of drug-likeness (QED) is 0.661. The van der Waals surface area contributed by atoms with E-state index in [4.69, 9.17) is 15.6 Å². The molecular formula is C9H17NO3. The minimum atomic E-state index is -0.914. The van der Waals surface area contributed by atoms with Crippen LogP contribution in [-0.2, 0) is 9.53 Å². The molecule has 0 aromatic rings. The van der Waals surface area contributed by atoms with Crippen molar-refractivity contribution < 1.29 is 14.6 Å². The van der Waals surface area contributed by atoms with Gasteiger partial charge in [0, 0.05) is 5.41 Å². The molecule has 4 nitrogen and oxygen atoms in total. The molecule has 0 spiro atoms. The fourth-order valence-corrected chi connectivity index (χ4v) is 1.84. The van der Waals surface area contributed by atoms with Crippen LogP contribution in [0, 0.1) is 5.41 Å². The SMILES string of the molecule is CCCC1(CC(N)C(=O)O)COC1. The Morgan fingerprint density at radius 3 is 2.62 bits per heavy atom. The Morgan fingerprint density at radius 1 is 1.69 bits per heavy atom. The number of rotatable bonds is 5. The first-order chi connectivity index (χ1) is 6.09. The molecule has 1 heterocycles. The van der Waals surface area contributed by atoms with Crippen molar-refractivity contribution in [3.05, 3.63) is 0 Å². The van der Waals surface area contributed by atoms with E-state index in [9.17, 15) is 4.79 Å². The number of aliphatic carboxylic acids is 1. The highest BCUT2D eigenvalue weighted by Crippen LogP contribution is 2.37. The fraction of sp³-hybridized carbons (Fsp3) is 0.889. The van der Waals surface area contributed by atoms with E-state index in [-0.39, 0.29) is 5.41 Å². The number of carboxylic acids is 1. The summed E-state index contributed by atoms with van der Waals surface area (Å²) in [5.41, 5.74) is 5.54. The van der Waals surface area contributed by atoms with Crippen molar-refractivity contribution >= 4 is 5.97 Å². The van der Waals surface area contributed by atoms with Crippen molar-refractivity contribution in [2.45, 2.75) is 32.2 Å². The van der Waals surface area contributed by atoms with Crippen LogP contribution in [0.3, 0.4) is 0 Å². The summed E-state index contributed by atoms with van der Waals surface area (Å²) in [5, 5.41) is 8.67. The molecule has 0 radical (unpaired) electrons. The summed E-state index contributed by atoms with van der Waals surface area (Å²) in [6.45, 7) is 3.43. The first kappa shape index (κ1) is 10.5. The van der Waals surface area contributed by atoms with Crippen molar-refractivity contribution in [3.8, 4) is 0 Å². The lowest BCUT2D eigenvalue weighted by molar-refractivity contribution is -0.147. The average molecular weight is 187 g/mol. The van der Waals surface area contributed by atoms with Crippen LogP contribution in [0.15, 0.2) is 0 Å². The van der Waals surface area contributed by atoms with Crippen LogP contribution in [0.5, 0.6) is 0 Å². The maximum Gasteiger partial charge on any atom is 0.320 e. The minimum absolute atomic E-state index is 0.0482. The Kier molecular flexibility index (Phi) is 3.27. The van der Waals surface area contributed by atoms with Crippen molar-refractivity contribution in [1.29, 1.82) is 0 Å². The van der Waals surface area contributed by atoms with Crippen molar-refractivity contribution in [1.82, 2.24) is 0 Å². The van der Waals surface area contributed by atoms with Gasteiger partial charge in [0.15, 0.2) is 0 Å². The second-order valence-electron chi connectivity index (χ2n) is 3.89. The van der Waals surface area contributed by atoms with Gasteiger partial charge in [-0.05, 0) is 12.8 Å². The molecule has 0 amide bonds. The Balaban J connectivity index is 2.43. The summed E-state index contributed by atoms with van der Waals surface area (Å²) < 4.78 is 5.12. The molecule has 1 aliphatic rings. The van der Waals surface area contributed by atoms with E-state index in [1.165, 1.54) is 0 Å². The largest absolute Gasteiger partial charge is 0.480 e. The molecule has 0 saturated carbocycles. The highest BCUT2D eigenvalue weighted by Gasteiger charge is 2.40. The minimum Gasteiger partial charge on any atom is -0.480 e. The van der Waals surface area contributed by atoms with E-state index in [1.54, 1.807) is 0 Å². The fourth-order valence-electron chi connectivity index (χ4n) is 1.84. The summed E-state index contributed by atoms with van der Waals surface area (Å²) in [6.07, 6.45) is 2.60. The van der Waals surface area contributed by atoms with Gasteiger partial charge in [0.25, 0.3) is 0 Å². The zero-order valence-electron chi connectivity index (χ0n) is 7.95. The molecule has 1 rings (SSSR count). The molecule has 3 N–H and O–H groups in total. The van der Waals surface area contributed by atoms with E-state index in [0.29, 0.717) is 19.6 Å². The van der Waals surface area contributed by atoms with Gasteiger partial charge in [0.1, 0.15) is 6.04 Å². The van der Waals surface area contributed by atoms with Crippen LogP contribution in [-0.4, -0.2) is 30.3 Å². The van der Waals surface area contributed by atoms with E-state index < -0.39 is 12.0 Å². The molecule has 13 heavy (non-hydrogen) atoms. The van der Waals surface area contributed by atoms with Crippen LogP contribution in [0.2, 0.25) is 0 Å². The second-order valence-corrected chi connectivity index (χ2v) is 3.89. The second kappa shape index (κ2) is 4.07. The van der Waals surface area contributed by atoms with Crippen LogP contribution >= 0.6 is 0 Å². The van der Waals surface area contributed by atoms with Gasteiger partial charge >= 0.3 is 5.97 Å². The third kappa shape index (κ3) is 2.42. The Bertz CT molecular complexity index is 189. The number of hydrogen-bond donors (Lipinski definition) is 2. The molecule has 4 heteroatoms. The molecule has 0 aliphatic carbocycles. The van der Waals surface area contributed by atoms with Crippen molar-refractivity contribution in [3.63, 3.8) is 0 Å². The van der Waals surface area contributed by atoms with Crippen LogP contribution < -0.4 is 5.73 Å². The summed E-state index contributed by atoms with van der Waals surface area (Å²) in [6, 6.07) is -0.740. The molecule has 1 aliphatic heterocycles. The lowest BCUT2D eigenvalue weighted by atomic mass is 9.76. The van der Waals surface area contributed by atoms with E-state index in [1.807, 2.05) is 0 Å². The average Bonchev–Trinajstić information content (AvgIpc) is 2.00. The van der Waals surface area contributed by atoms with Crippen molar-refractivity contribution in [2.24, 2.45) is 11.1 Å². The van der Waals surface area contributed by atoms with E-state index in [2.05, 4.69) is 6.92 Å². The first-order valence-corrected chi connectivity index (χ1v) is 4.66. The number of ether oxygens (including phenoxy) is 1. The summed E-state index contributed by atoms with van der Waals surface area (Å²) in [5.74, 6) is -0.914. The molecule has 0 aromatic carbocycles. The molecule has 0 bridgehead atoms. The predicted octanol–water partition coefficient (Wildman–Crippen LogP) is 0.605. The smallest absolute Gasteiger partial charge is 0.320 e. The Morgan fingerprint density at radius 2 is 2.31 bits per heavy atom. The topological polar surface area (TPSA) is 72.6 Å². The summed E-state index contributed by atoms with van der Waals surface area (Å²) in [7, 11) is 0. The Labute approximate surface area is 78.1 Å². The summed E-state index contributed by atoms with van der Waals surface area (Å²) >= 11 is 0. The van der Waals surface area contributed by atoms with Gasteiger partial charge in [-0.1, -0.05) is 13.3 Å². The zero-order valence-corrected chi connectivity index (χ0v) is 7.95. The van der Waals surface area contributed by atoms with Crippen LogP contribution in [0.4, 0.5) is 0 Å². The van der Waals surface area contributed by atoms with Gasteiger partial charge in [-0.2, -0.15) is 0 Å². The van der Waals surface area contributed by atoms with Crippen LogP contribution in [0.25, 0.3) is 0 Å². The highest BCUT2D eigenvalue weighted by atomic mass is 16.5. The van der Waals surface area contributed by atoms with Gasteiger partial charge in [0.05, 0.1) is 13.2 Å². The molecule has 1 saturated heterocycles. The first-order valence-electron chi connectivity index (χ1n) is 4.66. The van der Waals surface area contributed by atoms with Gasteiger partial charge in [-0.15, -0.1) is 0 Å². The molecule has 0 aromatic heterocycles. The van der Waals surface area contributed by atoms with Crippen LogP contribution in [0.1, 0.15) is 26.2 Å². The molecular weight excluding hydrogens is 170 g/mol. The van der Waals surface area contributed by atoms with Gasteiger partial charge in [-0.3, -0.25) is 4.79 Å². The number of carbonyl (C=O) groups is 1. The molecule has 1 unspecified atom stereocenters. The van der Waals surface area contributed by atoms with Gasteiger partial charge in [0.2, 0.25) is 0 Å². The normalized spacial score (nSPS) is 22.0. The van der Waals surface area contributed by atoms with Gasteiger partial charge in [-0.25, -0.2) is 0 Å². The van der Waals surface area contributed by atoms with Crippen molar-refractivity contribution in [2.75, 3.05) is 13.2 Å². The maximum absolute atomic E-state index is 10.6. The van der Waals surface area contributed by atoms with E-state index in [0.717, 1.165) is 12.8 Å². The summed E-state index contributed by atoms with van der Waals surface area (Å²) in [4.78, 5) is 10.6. The van der Waals surface area contributed by atoms with E-state index >= 15 is 0 Å². The monoisotopic (exact) mass is 187 g/mol. The number of hydrogen-bond acceptors (Lipinski definition) is 3. The van der Waals surface area contributed by atoms with Gasteiger partial charge < -0.3 is 15.6 Å². The predicted molar refractivity (Wildman–Crippen MR) is 48.4 cm³/mol. The highest BCUT2D eigenvalue weighted by molar-refractivity contribution is 5.73. The lowest BCUT2D eigenvalue weighted by Crippen LogP contribution is -2.48. The molecule has 1 atom stereocenters. The third-order valence-corrected chi connectivity index (χ3v) is 2.57. The Hall–Kier alpha value is -0.610. The maximum atomic E-state index is 10.6. The number of nitrogens with two attached hydrogens (primary N) is 1. The standard InChI is InChI=1S/C9H17NO3/c1-2-3-9(5-13-6-9)4-7(10)8(11)12/h7H,2-6,10H2,1H3,(H,11,12). The number of carboxylic acid groups (broad SMARTS) is 1. The molecule has 1 fully saturated rings. The lowest BCUT2D eigenvalue weighted by Gasteiger charge is -2.42. The third-order valence-electron chi connectivity index (χ3n) is 2.57. The molecule has 76 valence electrons.